The summed E-state index contributed by atoms with van der Waals surface area (Å²) in [6.07, 6.45) is 2.55. The van der Waals surface area contributed by atoms with Gasteiger partial charge in [-0.25, -0.2) is 9.97 Å². The van der Waals surface area contributed by atoms with E-state index in [1.165, 1.54) is 18.4 Å². The summed E-state index contributed by atoms with van der Waals surface area (Å²) in [4.78, 5) is 8.57. The Hall–Kier alpha value is -0.390. The minimum atomic E-state index is 0.405. The molecule has 0 bridgehead atoms. The van der Waals surface area contributed by atoms with E-state index < -0.39 is 0 Å². The molecule has 1 aliphatic carbocycles. The lowest BCUT2D eigenvalue weighted by Crippen LogP contribution is -1.94. The molecule has 0 radical (unpaired) electrons. The Bertz CT molecular complexity index is 589. The fourth-order valence-corrected chi connectivity index (χ4v) is 2.50. The maximum absolute atomic E-state index is 6.04. The zero-order chi connectivity index (χ0) is 12.7. The van der Waals surface area contributed by atoms with E-state index in [-0.39, 0.29) is 0 Å². The number of hydrogen-bond donors (Lipinski definition) is 0. The van der Waals surface area contributed by atoms with Gasteiger partial charge in [-0.2, -0.15) is 0 Å². The van der Waals surface area contributed by atoms with Crippen molar-refractivity contribution in [3.63, 3.8) is 0 Å². The standard InChI is InChI=1S/C13H9Cl2IN2/c14-11-10(16)12(15)18-13(17-11)9-3-1-2-8(6-9)7-4-5-7/h1-3,6-7H,4-5H2. The van der Waals surface area contributed by atoms with Crippen LogP contribution in [0.15, 0.2) is 24.3 Å². The molecule has 2 aromatic rings. The third-order valence-corrected chi connectivity index (χ3v) is 5.17. The largest absolute Gasteiger partial charge is 0.215 e. The van der Waals surface area contributed by atoms with E-state index in [1.807, 2.05) is 34.7 Å². The third kappa shape index (κ3) is 2.49. The first-order valence-electron chi connectivity index (χ1n) is 5.64. The van der Waals surface area contributed by atoms with Gasteiger partial charge in [0.25, 0.3) is 0 Å². The number of rotatable bonds is 2. The number of benzene rings is 1. The Kier molecular flexibility index (Phi) is 3.47. The van der Waals surface area contributed by atoms with Gasteiger partial charge in [-0.1, -0.05) is 41.4 Å². The highest BCUT2D eigenvalue weighted by Crippen LogP contribution is 2.41. The van der Waals surface area contributed by atoms with Gasteiger partial charge in [0, 0.05) is 5.56 Å². The fraction of sp³-hybridized carbons (Fsp3) is 0.231. The molecule has 1 aromatic heterocycles. The van der Waals surface area contributed by atoms with E-state index in [0.717, 1.165) is 5.56 Å². The Morgan fingerprint density at radius 1 is 1.11 bits per heavy atom. The molecule has 1 saturated carbocycles. The molecule has 0 unspecified atom stereocenters. The molecule has 0 aliphatic heterocycles. The summed E-state index contributed by atoms with van der Waals surface area (Å²) in [7, 11) is 0. The monoisotopic (exact) mass is 390 g/mol. The van der Waals surface area contributed by atoms with Gasteiger partial charge >= 0.3 is 0 Å². The van der Waals surface area contributed by atoms with E-state index >= 15 is 0 Å². The maximum atomic E-state index is 6.04. The highest BCUT2D eigenvalue weighted by Gasteiger charge is 2.23. The first kappa shape index (κ1) is 12.6. The molecule has 1 fully saturated rings. The molecule has 3 rings (SSSR count). The summed E-state index contributed by atoms with van der Waals surface area (Å²) in [5.74, 6) is 1.30. The summed E-state index contributed by atoms with van der Waals surface area (Å²) < 4.78 is 0.693. The molecule has 2 nitrogen and oxygen atoms in total. The van der Waals surface area contributed by atoms with Crippen LogP contribution < -0.4 is 0 Å². The molecule has 0 N–H and O–H groups in total. The highest BCUT2D eigenvalue weighted by atomic mass is 127. The van der Waals surface area contributed by atoms with Gasteiger partial charge in [-0.15, -0.1) is 0 Å². The highest BCUT2D eigenvalue weighted by molar-refractivity contribution is 14.1. The number of halogens is 3. The van der Waals surface area contributed by atoms with Crippen molar-refractivity contribution < 1.29 is 0 Å². The Balaban J connectivity index is 2.06. The normalized spacial score (nSPS) is 14.8. The minimum absolute atomic E-state index is 0.405. The Morgan fingerprint density at radius 2 is 1.78 bits per heavy atom. The quantitative estimate of drug-likeness (QED) is 0.536. The second kappa shape index (κ2) is 4.94. The molecule has 0 saturated heterocycles. The SMILES string of the molecule is Clc1nc(-c2cccc(C3CC3)c2)nc(Cl)c1I. The minimum Gasteiger partial charge on any atom is -0.215 e. The third-order valence-electron chi connectivity index (χ3n) is 2.96. The van der Waals surface area contributed by atoms with Crippen LogP contribution in [0.5, 0.6) is 0 Å². The van der Waals surface area contributed by atoms with Gasteiger partial charge in [0.1, 0.15) is 10.3 Å². The summed E-state index contributed by atoms with van der Waals surface area (Å²) in [6.45, 7) is 0. The zero-order valence-electron chi connectivity index (χ0n) is 9.33. The molecule has 0 amide bonds. The molecule has 1 heterocycles. The van der Waals surface area contributed by atoms with Crippen LogP contribution in [-0.4, -0.2) is 9.97 Å². The number of hydrogen-bond acceptors (Lipinski definition) is 2. The molecule has 0 atom stereocenters. The molecule has 1 aromatic carbocycles. The van der Waals surface area contributed by atoms with Crippen LogP contribution >= 0.6 is 45.8 Å². The lowest BCUT2D eigenvalue weighted by molar-refractivity contribution is 1.12. The molecular formula is C13H9Cl2IN2. The second-order valence-electron chi connectivity index (χ2n) is 4.34. The number of nitrogens with zero attached hydrogens (tertiary/aromatic N) is 2. The molecule has 0 spiro atoms. The molecule has 1 aliphatic rings. The van der Waals surface area contributed by atoms with Crippen molar-refractivity contribution in [1.82, 2.24) is 9.97 Å². The van der Waals surface area contributed by atoms with Crippen molar-refractivity contribution in [3.8, 4) is 11.4 Å². The van der Waals surface area contributed by atoms with Gasteiger partial charge in [-0.3, -0.25) is 0 Å². The van der Waals surface area contributed by atoms with Crippen molar-refractivity contribution in [3.05, 3.63) is 43.7 Å². The average Bonchev–Trinajstić information content (AvgIpc) is 3.20. The molecular weight excluding hydrogens is 382 g/mol. The van der Waals surface area contributed by atoms with E-state index in [0.29, 0.717) is 25.6 Å². The maximum Gasteiger partial charge on any atom is 0.162 e. The van der Waals surface area contributed by atoms with Gasteiger partial charge in [0.2, 0.25) is 0 Å². The molecule has 92 valence electrons. The predicted molar refractivity (Wildman–Crippen MR) is 82.2 cm³/mol. The van der Waals surface area contributed by atoms with Crippen molar-refractivity contribution in [1.29, 1.82) is 0 Å². The summed E-state index contributed by atoms with van der Waals surface area (Å²) in [6, 6.07) is 8.30. The van der Waals surface area contributed by atoms with Crippen molar-refractivity contribution in [2.24, 2.45) is 0 Å². The van der Waals surface area contributed by atoms with Gasteiger partial charge < -0.3 is 0 Å². The molecule has 5 heteroatoms. The van der Waals surface area contributed by atoms with Crippen LogP contribution in [0, 0.1) is 3.57 Å². The summed E-state index contributed by atoms with van der Waals surface area (Å²) in [5, 5.41) is 0.810. The van der Waals surface area contributed by atoms with Crippen LogP contribution in [0.2, 0.25) is 10.3 Å². The zero-order valence-corrected chi connectivity index (χ0v) is 13.0. The van der Waals surface area contributed by atoms with Crippen LogP contribution in [-0.2, 0) is 0 Å². The van der Waals surface area contributed by atoms with Crippen molar-refractivity contribution >= 4 is 45.8 Å². The first-order valence-corrected chi connectivity index (χ1v) is 7.47. The average molecular weight is 391 g/mol. The van der Waals surface area contributed by atoms with Crippen LogP contribution in [0.25, 0.3) is 11.4 Å². The first-order chi connectivity index (χ1) is 8.65. The van der Waals surface area contributed by atoms with E-state index in [1.54, 1.807) is 0 Å². The van der Waals surface area contributed by atoms with Crippen LogP contribution in [0.4, 0.5) is 0 Å². The van der Waals surface area contributed by atoms with E-state index in [4.69, 9.17) is 23.2 Å². The second-order valence-corrected chi connectivity index (χ2v) is 6.14. The summed E-state index contributed by atoms with van der Waals surface area (Å²) >= 11 is 14.1. The van der Waals surface area contributed by atoms with E-state index in [2.05, 4.69) is 22.1 Å². The Labute approximate surface area is 129 Å². The van der Waals surface area contributed by atoms with E-state index in [9.17, 15) is 0 Å². The molecule has 18 heavy (non-hydrogen) atoms. The summed E-state index contributed by atoms with van der Waals surface area (Å²) in [5.41, 5.74) is 2.32. The number of aromatic nitrogens is 2. The van der Waals surface area contributed by atoms with Gasteiger partial charge in [0.05, 0.1) is 3.57 Å². The van der Waals surface area contributed by atoms with Crippen molar-refractivity contribution in [2.45, 2.75) is 18.8 Å². The fourth-order valence-electron chi connectivity index (χ4n) is 1.87. The lowest BCUT2D eigenvalue weighted by Gasteiger charge is -2.05. The smallest absolute Gasteiger partial charge is 0.162 e. The van der Waals surface area contributed by atoms with Gasteiger partial charge in [-0.05, 0) is 53.0 Å². The van der Waals surface area contributed by atoms with Crippen LogP contribution in [0.3, 0.4) is 0 Å². The van der Waals surface area contributed by atoms with Gasteiger partial charge in [0.15, 0.2) is 5.82 Å². The topological polar surface area (TPSA) is 25.8 Å². The predicted octanol–water partition coefficient (Wildman–Crippen LogP) is 4.93. The van der Waals surface area contributed by atoms with Crippen molar-refractivity contribution in [2.75, 3.05) is 0 Å². The van der Waals surface area contributed by atoms with Crippen LogP contribution in [0.1, 0.15) is 24.3 Å². The Morgan fingerprint density at radius 3 is 2.39 bits per heavy atom. The lowest BCUT2D eigenvalue weighted by atomic mass is 10.1.